The second kappa shape index (κ2) is 4.47. The van der Waals surface area contributed by atoms with Gasteiger partial charge in [-0.25, -0.2) is 4.79 Å². The number of rotatable bonds is 2. The number of nitrogens with two attached hydrogens (primary N) is 1. The molecule has 0 aliphatic carbocycles. The minimum Gasteiger partial charge on any atom is -0.379 e. The van der Waals surface area contributed by atoms with Gasteiger partial charge in [0.25, 0.3) is 5.56 Å². The number of nitrogens with zero attached hydrogens (tertiary/aromatic N) is 1. The molecule has 0 fully saturated rings. The van der Waals surface area contributed by atoms with Crippen molar-refractivity contribution >= 4 is 16.9 Å². The van der Waals surface area contributed by atoms with Crippen LogP contribution < -0.4 is 17.0 Å². The quantitative estimate of drug-likeness (QED) is 0.380. The largest absolute Gasteiger partial charge is 0.379 e. The van der Waals surface area contributed by atoms with Gasteiger partial charge in [0.05, 0.1) is 5.69 Å². The highest BCUT2D eigenvalue weighted by atomic mass is 32.2. The minimum atomic E-state index is -0.736. The van der Waals surface area contributed by atoms with Crippen LogP contribution in [0.3, 0.4) is 0 Å². The molecule has 1 heterocycles. The monoisotopic (exact) mass is 225 g/mol. The van der Waals surface area contributed by atoms with Crippen molar-refractivity contribution < 1.29 is 0 Å². The summed E-state index contributed by atoms with van der Waals surface area (Å²) < 4.78 is 0. The number of amidine groups is 1. The Hall–Kier alpha value is -2.01. The van der Waals surface area contributed by atoms with Gasteiger partial charge in [-0.2, -0.15) is 5.26 Å². The maximum Gasteiger partial charge on any atom is 0.325 e. The molecule has 0 aliphatic rings. The van der Waals surface area contributed by atoms with E-state index in [1.54, 1.807) is 6.07 Å². The maximum absolute atomic E-state index is 11.1. The first-order valence-electron chi connectivity index (χ1n) is 3.77. The third-order valence-corrected chi connectivity index (χ3v) is 2.25. The summed E-state index contributed by atoms with van der Waals surface area (Å²) in [7, 11) is 0. The highest BCUT2D eigenvalue weighted by Crippen LogP contribution is 2.08. The van der Waals surface area contributed by atoms with E-state index in [1.807, 2.05) is 4.98 Å². The van der Waals surface area contributed by atoms with E-state index in [1.165, 1.54) is 0 Å². The molecule has 1 rings (SSSR count). The number of aromatic amines is 2. The lowest BCUT2D eigenvalue weighted by Crippen LogP contribution is -2.26. The van der Waals surface area contributed by atoms with Crippen molar-refractivity contribution in [2.24, 2.45) is 5.73 Å². The van der Waals surface area contributed by atoms with Crippen LogP contribution in [0.1, 0.15) is 11.3 Å². The van der Waals surface area contributed by atoms with Gasteiger partial charge in [0.2, 0.25) is 0 Å². The van der Waals surface area contributed by atoms with E-state index in [-0.39, 0.29) is 22.2 Å². The van der Waals surface area contributed by atoms with Gasteiger partial charge in [-0.15, -0.1) is 0 Å². The third kappa shape index (κ3) is 2.72. The van der Waals surface area contributed by atoms with Crippen LogP contribution in [0, 0.1) is 16.7 Å². The first kappa shape index (κ1) is 11.1. The number of H-pyrrole nitrogens is 2. The molecule has 5 N–H and O–H groups in total. The van der Waals surface area contributed by atoms with Crippen LogP contribution in [0.5, 0.6) is 0 Å². The average Bonchev–Trinajstić information content (AvgIpc) is 2.13. The van der Waals surface area contributed by atoms with Gasteiger partial charge < -0.3 is 10.7 Å². The summed E-state index contributed by atoms with van der Waals surface area (Å²) in [6.45, 7) is 0. The van der Waals surface area contributed by atoms with E-state index < -0.39 is 11.2 Å². The predicted octanol–water partition coefficient (Wildman–Crippen LogP) is -0.938. The molecule has 0 bridgehead atoms. The molecule has 0 unspecified atom stereocenters. The molecule has 0 amide bonds. The van der Waals surface area contributed by atoms with Crippen molar-refractivity contribution in [3.63, 3.8) is 0 Å². The van der Waals surface area contributed by atoms with Crippen LogP contribution in [-0.4, -0.2) is 15.1 Å². The summed E-state index contributed by atoms with van der Waals surface area (Å²) >= 11 is 0.918. The Labute approximate surface area is 87.8 Å². The zero-order chi connectivity index (χ0) is 11.4. The molecular formula is C7H7N5O2S. The molecule has 0 aliphatic heterocycles. The summed E-state index contributed by atoms with van der Waals surface area (Å²) in [5.74, 6) is 0.109. The topological polar surface area (TPSA) is 139 Å². The molecule has 0 radical (unpaired) electrons. The Kier molecular flexibility index (Phi) is 3.30. The van der Waals surface area contributed by atoms with E-state index in [2.05, 4.69) is 4.98 Å². The van der Waals surface area contributed by atoms with Gasteiger partial charge in [0.15, 0.2) is 5.17 Å². The van der Waals surface area contributed by atoms with Gasteiger partial charge >= 0.3 is 5.69 Å². The Morgan fingerprint density at radius 2 is 2.20 bits per heavy atom. The van der Waals surface area contributed by atoms with Gasteiger partial charge in [-0.05, 0) is 0 Å². The van der Waals surface area contributed by atoms with Crippen LogP contribution in [0.15, 0.2) is 9.59 Å². The second-order valence-corrected chi connectivity index (χ2v) is 3.54. The first-order valence-corrected chi connectivity index (χ1v) is 4.75. The summed E-state index contributed by atoms with van der Waals surface area (Å²) in [6.07, 6.45) is 0. The fraction of sp³-hybridized carbons (Fsp3) is 0.143. The van der Waals surface area contributed by atoms with Crippen LogP contribution in [0.2, 0.25) is 0 Å². The first-order chi connectivity index (χ1) is 7.04. The Balaban J connectivity index is 3.17. The second-order valence-electron chi connectivity index (χ2n) is 2.53. The standard InChI is InChI=1S/C7H7N5O2S/c8-1-3-4(2-15-6(9)10)11-7(14)12-5(3)13/h2H2,(H3,9,10)(H2,11,12,13,14). The molecule has 1 aromatic rings. The Bertz CT molecular complexity index is 538. The van der Waals surface area contributed by atoms with Gasteiger partial charge in [0.1, 0.15) is 11.6 Å². The van der Waals surface area contributed by atoms with Crippen molar-refractivity contribution in [1.82, 2.24) is 9.97 Å². The zero-order valence-electron chi connectivity index (χ0n) is 7.46. The molecule has 0 aromatic carbocycles. The normalized spacial score (nSPS) is 9.53. The highest BCUT2D eigenvalue weighted by Gasteiger charge is 2.08. The number of aromatic nitrogens is 2. The fourth-order valence-corrected chi connectivity index (χ4v) is 1.43. The van der Waals surface area contributed by atoms with Crippen molar-refractivity contribution in [3.8, 4) is 6.07 Å². The lowest BCUT2D eigenvalue weighted by molar-refractivity contribution is 0.974. The number of hydrogen-bond donors (Lipinski definition) is 4. The van der Waals surface area contributed by atoms with Crippen molar-refractivity contribution in [1.29, 1.82) is 10.7 Å². The molecular weight excluding hydrogens is 218 g/mol. The molecule has 7 nitrogen and oxygen atoms in total. The number of hydrogen-bond acceptors (Lipinski definition) is 5. The predicted molar refractivity (Wildman–Crippen MR) is 55.6 cm³/mol. The van der Waals surface area contributed by atoms with Gasteiger partial charge in [-0.1, -0.05) is 11.8 Å². The molecule has 0 saturated carbocycles. The van der Waals surface area contributed by atoms with E-state index in [9.17, 15) is 9.59 Å². The highest BCUT2D eigenvalue weighted by molar-refractivity contribution is 8.13. The minimum absolute atomic E-state index is 0.109. The van der Waals surface area contributed by atoms with Crippen LogP contribution in [-0.2, 0) is 5.75 Å². The number of nitriles is 1. The summed E-state index contributed by atoms with van der Waals surface area (Å²) in [5, 5.41) is 15.5. The van der Waals surface area contributed by atoms with Crippen LogP contribution >= 0.6 is 11.8 Å². The van der Waals surface area contributed by atoms with Crippen LogP contribution in [0.25, 0.3) is 0 Å². The molecule has 0 spiro atoms. The summed E-state index contributed by atoms with van der Waals surface area (Å²) in [4.78, 5) is 26.3. The maximum atomic E-state index is 11.1. The smallest absolute Gasteiger partial charge is 0.325 e. The molecule has 0 atom stereocenters. The zero-order valence-corrected chi connectivity index (χ0v) is 8.27. The Morgan fingerprint density at radius 3 is 2.73 bits per heavy atom. The molecule has 1 aromatic heterocycles. The van der Waals surface area contributed by atoms with Gasteiger partial charge in [-0.3, -0.25) is 15.2 Å². The van der Waals surface area contributed by atoms with Crippen molar-refractivity contribution in [2.45, 2.75) is 5.75 Å². The summed E-state index contributed by atoms with van der Waals surface area (Å²) in [6, 6.07) is 1.68. The Morgan fingerprint density at radius 1 is 1.53 bits per heavy atom. The average molecular weight is 225 g/mol. The molecule has 15 heavy (non-hydrogen) atoms. The number of nitrogens with one attached hydrogen (secondary N) is 3. The third-order valence-electron chi connectivity index (χ3n) is 1.50. The van der Waals surface area contributed by atoms with E-state index in [4.69, 9.17) is 16.4 Å². The van der Waals surface area contributed by atoms with Crippen molar-refractivity contribution in [2.75, 3.05) is 0 Å². The lowest BCUT2D eigenvalue weighted by atomic mass is 10.3. The van der Waals surface area contributed by atoms with Crippen molar-refractivity contribution in [3.05, 3.63) is 32.1 Å². The van der Waals surface area contributed by atoms with Gasteiger partial charge in [0, 0.05) is 5.75 Å². The molecule has 8 heteroatoms. The van der Waals surface area contributed by atoms with E-state index in [0.717, 1.165) is 11.8 Å². The molecule has 0 saturated heterocycles. The van der Waals surface area contributed by atoms with Crippen LogP contribution in [0.4, 0.5) is 0 Å². The fourth-order valence-electron chi connectivity index (χ4n) is 0.910. The SMILES string of the molecule is N#Cc1c(CSC(=N)N)[nH]c(=O)[nH]c1=O. The number of thioether (sulfide) groups is 1. The van der Waals surface area contributed by atoms with E-state index >= 15 is 0 Å². The molecule has 78 valence electrons. The summed E-state index contributed by atoms with van der Waals surface area (Å²) in [5.41, 5.74) is 3.68. The lowest BCUT2D eigenvalue weighted by Gasteiger charge is -2.00. The van der Waals surface area contributed by atoms with E-state index in [0.29, 0.717) is 0 Å².